The summed E-state index contributed by atoms with van der Waals surface area (Å²) in [6.07, 6.45) is 0. The molecule has 0 unspecified atom stereocenters. The van der Waals surface area contributed by atoms with Crippen LogP contribution in [0.15, 0.2) is 224 Å². The van der Waals surface area contributed by atoms with Gasteiger partial charge in [-0.05, 0) is 186 Å². The molecule has 11 aromatic carbocycles. The molecule has 0 aliphatic carbocycles. The minimum absolute atomic E-state index is 0.0863. The lowest BCUT2D eigenvalue weighted by Gasteiger charge is -2.51. The number of benzene rings is 11. The van der Waals surface area contributed by atoms with Gasteiger partial charge < -0.3 is 9.64 Å². The Morgan fingerprint density at radius 2 is 0.612 bits per heavy atom. The first-order chi connectivity index (χ1) is 46.0. The SMILES string of the molecule is CC(C)(C)c1cc(-c2ccc3c(c2)B2c4cc(-c5cc(C(C)(C)C)cc(C(C)(C)C)c5)ccc4C4(c5ccccc5Oc5ccccc54)c4cc(-c5cc(C(C)(C)C)cc(C(C)(C)C)c5)cc(c42)N3c2c(-c3ccccc3)cc(C(C)(C)C)cc2-c2ccccc2)cc(C(C)(C)C)c1. The van der Waals surface area contributed by atoms with Gasteiger partial charge in [0.25, 0.3) is 0 Å². The molecule has 0 fully saturated rings. The van der Waals surface area contributed by atoms with Gasteiger partial charge in [-0.2, -0.15) is 0 Å². The highest BCUT2D eigenvalue weighted by atomic mass is 16.5. The second-order valence-corrected chi connectivity index (χ2v) is 35.9. The molecule has 1 spiro atoms. The minimum atomic E-state index is -0.877. The van der Waals surface area contributed by atoms with Crippen molar-refractivity contribution in [2.75, 3.05) is 4.90 Å². The summed E-state index contributed by atoms with van der Waals surface area (Å²) in [5.74, 6) is 1.74. The van der Waals surface area contributed by atoms with Crippen molar-refractivity contribution in [3.8, 4) is 67.1 Å². The van der Waals surface area contributed by atoms with E-state index in [2.05, 4.69) is 375 Å². The summed E-state index contributed by atoms with van der Waals surface area (Å²) in [6.45, 7) is 49.4. The molecule has 3 aliphatic heterocycles. The van der Waals surface area contributed by atoms with Crippen molar-refractivity contribution < 1.29 is 4.74 Å². The van der Waals surface area contributed by atoms with Crippen LogP contribution < -0.4 is 26.0 Å². The van der Waals surface area contributed by atoms with Gasteiger partial charge in [0.2, 0.25) is 6.71 Å². The van der Waals surface area contributed by atoms with E-state index < -0.39 is 5.41 Å². The fourth-order valence-corrected chi connectivity index (χ4v) is 15.6. The summed E-state index contributed by atoms with van der Waals surface area (Å²) in [5.41, 5.74) is 31.7. The van der Waals surface area contributed by atoms with Crippen LogP contribution in [0.3, 0.4) is 0 Å². The molecule has 0 N–H and O–H groups in total. The Hall–Kier alpha value is -8.92. The van der Waals surface area contributed by atoms with Gasteiger partial charge in [-0.1, -0.05) is 333 Å². The zero-order valence-electron chi connectivity index (χ0n) is 62.3. The number of nitrogens with zero attached hydrogens (tertiary/aromatic N) is 1. The Balaban J connectivity index is 1.23. The molecule has 0 bridgehead atoms. The third-order valence-corrected chi connectivity index (χ3v) is 21.6. The second-order valence-electron chi connectivity index (χ2n) is 35.9. The molecule has 3 heterocycles. The van der Waals surface area contributed by atoms with Crippen LogP contribution in [-0.2, 0) is 43.3 Å². The van der Waals surface area contributed by atoms with E-state index >= 15 is 0 Å². The third kappa shape index (κ3) is 11.5. The predicted octanol–water partition coefficient (Wildman–Crippen LogP) is 24.2. The third-order valence-electron chi connectivity index (χ3n) is 21.6. The van der Waals surface area contributed by atoms with E-state index in [-0.39, 0.29) is 44.6 Å². The number of ether oxygens (including phenoxy) is 1. The van der Waals surface area contributed by atoms with Crippen LogP contribution >= 0.6 is 0 Å². The van der Waals surface area contributed by atoms with Gasteiger partial charge in [-0.3, -0.25) is 0 Å². The first kappa shape index (κ1) is 66.3. The maximum atomic E-state index is 7.27. The zero-order chi connectivity index (χ0) is 69.8. The van der Waals surface area contributed by atoms with Crippen molar-refractivity contribution >= 4 is 40.2 Å². The van der Waals surface area contributed by atoms with Crippen molar-refractivity contribution in [1.29, 1.82) is 0 Å². The van der Waals surface area contributed by atoms with E-state index in [9.17, 15) is 0 Å². The summed E-state index contributed by atoms with van der Waals surface area (Å²) < 4.78 is 7.27. The summed E-state index contributed by atoms with van der Waals surface area (Å²) in [5, 5.41) is 0. The lowest BCUT2D eigenvalue weighted by Crippen LogP contribution is -2.65. The van der Waals surface area contributed by atoms with Crippen LogP contribution in [0, 0.1) is 0 Å². The Kier molecular flexibility index (Phi) is 15.6. The largest absolute Gasteiger partial charge is 0.457 e. The van der Waals surface area contributed by atoms with E-state index in [1.807, 2.05) is 0 Å². The van der Waals surface area contributed by atoms with Crippen LogP contribution in [0.4, 0.5) is 17.1 Å². The standard InChI is InChI=1S/C95H100BNO/c1-88(2,3)67-44-63(45-68(54-67)89(4,5)6)61-40-42-76-80(51-61)96-81-52-62(64-46-69(90(7,8)9)55-70(47-64)91(10,11)12)41-43-82(81)97(87-74(59-32-24-22-25-33-59)57-73(94(19,20)21)58-75(87)60-34-26-23-27-35-60)83-53-66(65-48-71(92(13,14)15)56-72(49-65)93(16,17)18)50-79(86(83)96)95(76)77-36-28-30-38-84(77)98-85-39-31-29-37-78(85)95/h22-58H,1-21H3. The van der Waals surface area contributed by atoms with E-state index in [1.165, 1.54) is 133 Å². The van der Waals surface area contributed by atoms with Gasteiger partial charge in [-0.15, -0.1) is 0 Å². The molecule has 0 amide bonds. The van der Waals surface area contributed by atoms with Gasteiger partial charge in [0, 0.05) is 33.6 Å². The van der Waals surface area contributed by atoms with Crippen molar-refractivity contribution in [3.05, 3.63) is 286 Å². The second kappa shape index (κ2) is 23.1. The van der Waals surface area contributed by atoms with Crippen LogP contribution in [0.5, 0.6) is 11.5 Å². The van der Waals surface area contributed by atoms with Crippen LogP contribution in [0.2, 0.25) is 0 Å². The monoisotopic (exact) mass is 1280 g/mol. The molecule has 0 radical (unpaired) electrons. The quantitative estimate of drug-likeness (QED) is 0.154. The summed E-state index contributed by atoms with van der Waals surface area (Å²) >= 11 is 0. The summed E-state index contributed by atoms with van der Waals surface area (Å²) in [4.78, 5) is 2.75. The highest BCUT2D eigenvalue weighted by molar-refractivity contribution is 6.99. The topological polar surface area (TPSA) is 12.5 Å². The number of para-hydroxylation sites is 2. The summed E-state index contributed by atoms with van der Waals surface area (Å²) in [6, 6.07) is 88.3. The number of fused-ring (bicyclic) bond motifs is 10. The Bertz CT molecular complexity index is 4770. The first-order valence-electron chi connectivity index (χ1n) is 35.9. The van der Waals surface area contributed by atoms with E-state index in [0.29, 0.717) is 0 Å². The maximum absolute atomic E-state index is 7.27. The van der Waals surface area contributed by atoms with Gasteiger partial charge >= 0.3 is 0 Å². The first-order valence-corrected chi connectivity index (χ1v) is 35.9. The molecule has 3 heteroatoms. The fourth-order valence-electron chi connectivity index (χ4n) is 15.6. The summed E-state index contributed by atoms with van der Waals surface area (Å²) in [7, 11) is 0. The van der Waals surface area contributed by atoms with Crippen molar-refractivity contribution in [1.82, 2.24) is 0 Å². The van der Waals surface area contributed by atoms with Gasteiger partial charge in [0.05, 0.1) is 11.1 Å². The van der Waals surface area contributed by atoms with Gasteiger partial charge in [0.1, 0.15) is 11.5 Å². The molecular weight excluding hydrogens is 1180 g/mol. The lowest BCUT2D eigenvalue weighted by atomic mass is 9.29. The van der Waals surface area contributed by atoms with Crippen molar-refractivity contribution in [2.45, 2.75) is 189 Å². The highest BCUT2D eigenvalue weighted by Crippen LogP contribution is 2.59. The molecule has 14 rings (SSSR count). The molecule has 98 heavy (non-hydrogen) atoms. The number of hydrogen-bond acceptors (Lipinski definition) is 2. The number of rotatable bonds is 6. The van der Waals surface area contributed by atoms with Crippen LogP contribution in [-0.4, -0.2) is 6.71 Å². The maximum Gasteiger partial charge on any atom is 0.247 e. The smallest absolute Gasteiger partial charge is 0.247 e. The Morgan fingerprint density at radius 1 is 0.265 bits per heavy atom. The van der Waals surface area contributed by atoms with E-state index in [0.717, 1.165) is 28.3 Å². The fraction of sp³-hybridized carbons (Fsp3) is 0.305. The molecule has 494 valence electrons. The van der Waals surface area contributed by atoms with Gasteiger partial charge in [-0.25, -0.2) is 0 Å². The van der Waals surface area contributed by atoms with Gasteiger partial charge in [0.15, 0.2) is 0 Å². The molecule has 0 aromatic heterocycles. The Morgan fingerprint density at radius 3 is 1.02 bits per heavy atom. The van der Waals surface area contributed by atoms with Crippen molar-refractivity contribution in [2.24, 2.45) is 0 Å². The van der Waals surface area contributed by atoms with E-state index in [4.69, 9.17) is 4.74 Å². The zero-order valence-corrected chi connectivity index (χ0v) is 62.3. The lowest BCUT2D eigenvalue weighted by molar-refractivity contribution is 0.435. The van der Waals surface area contributed by atoms with Crippen LogP contribution in [0.25, 0.3) is 55.6 Å². The molecule has 0 saturated heterocycles. The Labute approximate surface area is 587 Å². The molecule has 0 atom stereocenters. The minimum Gasteiger partial charge on any atom is -0.457 e. The average molecular weight is 1280 g/mol. The highest BCUT2D eigenvalue weighted by Gasteiger charge is 2.55. The molecular formula is C95H100BNO. The number of hydrogen-bond donors (Lipinski definition) is 0. The molecule has 3 aliphatic rings. The molecule has 2 nitrogen and oxygen atoms in total. The molecule has 0 saturated carbocycles. The van der Waals surface area contributed by atoms with Crippen LogP contribution in [0.1, 0.15) is 207 Å². The predicted molar refractivity (Wildman–Crippen MR) is 422 cm³/mol. The van der Waals surface area contributed by atoms with E-state index in [1.54, 1.807) is 0 Å². The normalized spacial score (nSPS) is 14.3. The molecule has 11 aromatic rings. The number of anilines is 3. The van der Waals surface area contributed by atoms with Crippen molar-refractivity contribution in [3.63, 3.8) is 0 Å². The average Bonchev–Trinajstić information content (AvgIpc) is 0.665.